The molecule has 4 rings (SSSR count). The zero-order valence-electron chi connectivity index (χ0n) is 16.4. The molecule has 2 aromatic carbocycles. The normalized spacial score (nSPS) is 17.1. The number of carbonyl (C=O) groups excluding carboxylic acids is 1. The van der Waals surface area contributed by atoms with Gasteiger partial charge in [-0.05, 0) is 36.6 Å². The molecule has 28 heavy (non-hydrogen) atoms. The molecule has 0 aliphatic carbocycles. The van der Waals surface area contributed by atoms with E-state index in [0.717, 1.165) is 22.4 Å². The Hall–Kier alpha value is -2.86. The molecule has 0 bridgehead atoms. The number of hydrogen-bond donors (Lipinski definition) is 2. The maximum Gasteiger partial charge on any atom is 0.317 e. The van der Waals surface area contributed by atoms with Crippen LogP contribution >= 0.6 is 0 Å². The van der Waals surface area contributed by atoms with Crippen LogP contribution in [-0.4, -0.2) is 47.1 Å². The first-order valence-corrected chi connectivity index (χ1v) is 9.76. The van der Waals surface area contributed by atoms with Crippen LogP contribution in [0.2, 0.25) is 0 Å². The number of amides is 2. The zero-order chi connectivity index (χ0) is 19.5. The van der Waals surface area contributed by atoms with Crippen LogP contribution in [0.3, 0.4) is 0 Å². The van der Waals surface area contributed by atoms with Crippen molar-refractivity contribution < 1.29 is 9.53 Å². The molecule has 0 saturated carbocycles. The number of nitrogens with one attached hydrogen (secondary N) is 2. The summed E-state index contributed by atoms with van der Waals surface area (Å²) in [6.45, 7) is 6.45. The van der Waals surface area contributed by atoms with Crippen molar-refractivity contribution in [3.63, 3.8) is 0 Å². The molecular formula is C22H26N4O2. The van der Waals surface area contributed by atoms with Gasteiger partial charge in [-0.1, -0.05) is 36.4 Å². The number of fused-ring (bicyclic) bond motifs is 1. The molecule has 1 aliphatic rings. The summed E-state index contributed by atoms with van der Waals surface area (Å²) < 4.78 is 5.84. The Morgan fingerprint density at radius 1 is 1.25 bits per heavy atom. The van der Waals surface area contributed by atoms with Crippen molar-refractivity contribution >= 4 is 17.1 Å². The number of urea groups is 1. The van der Waals surface area contributed by atoms with Crippen molar-refractivity contribution in [2.45, 2.75) is 26.4 Å². The molecule has 1 aromatic heterocycles. The van der Waals surface area contributed by atoms with Crippen LogP contribution in [0, 0.1) is 13.8 Å². The number of aryl methyl sites for hydroxylation is 2. The van der Waals surface area contributed by atoms with E-state index in [1.807, 2.05) is 35.2 Å². The summed E-state index contributed by atoms with van der Waals surface area (Å²) in [5.74, 6) is 0.896. The summed E-state index contributed by atoms with van der Waals surface area (Å²) >= 11 is 0. The third kappa shape index (κ3) is 3.87. The third-order valence-electron chi connectivity index (χ3n) is 5.39. The fourth-order valence-corrected chi connectivity index (χ4v) is 3.59. The van der Waals surface area contributed by atoms with Crippen LogP contribution in [0.15, 0.2) is 42.5 Å². The molecule has 0 spiro atoms. The monoisotopic (exact) mass is 378 g/mol. The Bertz CT molecular complexity index is 967. The molecule has 0 radical (unpaired) electrons. The van der Waals surface area contributed by atoms with Crippen LogP contribution in [0.4, 0.5) is 4.79 Å². The lowest BCUT2D eigenvalue weighted by Crippen LogP contribution is -2.47. The molecule has 1 unspecified atom stereocenters. The predicted molar refractivity (Wildman–Crippen MR) is 109 cm³/mol. The molecule has 2 heterocycles. The lowest BCUT2D eigenvalue weighted by Gasteiger charge is -2.33. The van der Waals surface area contributed by atoms with Gasteiger partial charge in [0.25, 0.3) is 0 Å². The van der Waals surface area contributed by atoms with Gasteiger partial charge >= 0.3 is 6.03 Å². The SMILES string of the molecule is Cc1ccc2[nH]c(CCNC(=O)N3CCOC(c4ccccc4)C3)nc2c1C. The van der Waals surface area contributed by atoms with Crippen molar-refractivity contribution in [1.82, 2.24) is 20.2 Å². The number of aromatic amines is 1. The van der Waals surface area contributed by atoms with E-state index in [1.54, 1.807) is 0 Å². The van der Waals surface area contributed by atoms with Gasteiger partial charge in [-0.2, -0.15) is 0 Å². The topological polar surface area (TPSA) is 70.2 Å². The van der Waals surface area contributed by atoms with E-state index in [-0.39, 0.29) is 12.1 Å². The number of morpholine rings is 1. The fourth-order valence-electron chi connectivity index (χ4n) is 3.59. The molecule has 1 atom stereocenters. The Labute approximate surface area is 164 Å². The maximum atomic E-state index is 12.6. The number of nitrogens with zero attached hydrogens (tertiary/aromatic N) is 2. The first-order chi connectivity index (χ1) is 13.6. The average Bonchev–Trinajstić information content (AvgIpc) is 3.15. The summed E-state index contributed by atoms with van der Waals surface area (Å²) in [5, 5.41) is 3.01. The Kier molecular flexibility index (Phi) is 5.30. The summed E-state index contributed by atoms with van der Waals surface area (Å²) in [7, 11) is 0. The van der Waals surface area contributed by atoms with Gasteiger partial charge in [-0.25, -0.2) is 9.78 Å². The van der Waals surface area contributed by atoms with E-state index in [0.29, 0.717) is 32.7 Å². The number of aromatic nitrogens is 2. The summed E-state index contributed by atoms with van der Waals surface area (Å²) in [6.07, 6.45) is 0.605. The lowest BCUT2D eigenvalue weighted by atomic mass is 10.1. The van der Waals surface area contributed by atoms with Gasteiger partial charge in [0.2, 0.25) is 0 Å². The van der Waals surface area contributed by atoms with Crippen molar-refractivity contribution in [2.24, 2.45) is 0 Å². The Balaban J connectivity index is 1.32. The number of ether oxygens (including phenoxy) is 1. The highest BCUT2D eigenvalue weighted by Crippen LogP contribution is 2.22. The first-order valence-electron chi connectivity index (χ1n) is 9.76. The minimum Gasteiger partial charge on any atom is -0.370 e. The van der Waals surface area contributed by atoms with E-state index in [1.165, 1.54) is 11.1 Å². The average molecular weight is 378 g/mol. The third-order valence-corrected chi connectivity index (χ3v) is 5.39. The van der Waals surface area contributed by atoms with Gasteiger partial charge in [0, 0.05) is 19.5 Å². The quantitative estimate of drug-likeness (QED) is 0.730. The predicted octanol–water partition coefficient (Wildman–Crippen LogP) is 3.51. The number of hydrogen-bond acceptors (Lipinski definition) is 3. The molecule has 2 N–H and O–H groups in total. The van der Waals surface area contributed by atoms with Crippen LogP contribution in [0.25, 0.3) is 11.0 Å². The Morgan fingerprint density at radius 2 is 2.07 bits per heavy atom. The smallest absolute Gasteiger partial charge is 0.317 e. The minimum absolute atomic E-state index is 0.0487. The van der Waals surface area contributed by atoms with E-state index < -0.39 is 0 Å². The molecule has 1 aliphatic heterocycles. The molecule has 1 fully saturated rings. The van der Waals surface area contributed by atoms with Crippen LogP contribution in [0.5, 0.6) is 0 Å². The fraction of sp³-hybridized carbons (Fsp3) is 0.364. The largest absolute Gasteiger partial charge is 0.370 e. The second-order valence-electron chi connectivity index (χ2n) is 7.29. The van der Waals surface area contributed by atoms with Gasteiger partial charge in [0.05, 0.1) is 24.2 Å². The molecule has 2 amide bonds. The second kappa shape index (κ2) is 8.02. The Morgan fingerprint density at radius 3 is 2.89 bits per heavy atom. The number of carbonyl (C=O) groups is 1. The van der Waals surface area contributed by atoms with Gasteiger partial charge in [0.1, 0.15) is 11.9 Å². The van der Waals surface area contributed by atoms with Gasteiger partial charge in [-0.3, -0.25) is 0 Å². The van der Waals surface area contributed by atoms with Crippen molar-refractivity contribution in [3.05, 3.63) is 65.0 Å². The first kappa shape index (κ1) is 18.5. The van der Waals surface area contributed by atoms with Gasteiger partial charge in [-0.15, -0.1) is 0 Å². The molecule has 1 saturated heterocycles. The highest BCUT2D eigenvalue weighted by atomic mass is 16.5. The molecule has 146 valence electrons. The highest BCUT2D eigenvalue weighted by Gasteiger charge is 2.25. The second-order valence-corrected chi connectivity index (χ2v) is 7.29. The number of rotatable bonds is 4. The van der Waals surface area contributed by atoms with Crippen LogP contribution in [0.1, 0.15) is 28.6 Å². The van der Waals surface area contributed by atoms with Crippen molar-refractivity contribution in [1.29, 1.82) is 0 Å². The molecule has 6 heteroatoms. The van der Waals surface area contributed by atoms with Crippen molar-refractivity contribution in [3.8, 4) is 0 Å². The van der Waals surface area contributed by atoms with Crippen molar-refractivity contribution in [2.75, 3.05) is 26.2 Å². The highest BCUT2D eigenvalue weighted by molar-refractivity contribution is 5.80. The van der Waals surface area contributed by atoms with Crippen LogP contribution in [-0.2, 0) is 11.2 Å². The molecular weight excluding hydrogens is 352 g/mol. The van der Waals surface area contributed by atoms with E-state index >= 15 is 0 Å². The van der Waals surface area contributed by atoms with E-state index in [4.69, 9.17) is 9.72 Å². The number of imidazole rings is 1. The zero-order valence-corrected chi connectivity index (χ0v) is 16.4. The van der Waals surface area contributed by atoms with E-state index in [2.05, 4.69) is 36.3 Å². The lowest BCUT2D eigenvalue weighted by molar-refractivity contribution is -0.0154. The van der Waals surface area contributed by atoms with E-state index in [9.17, 15) is 4.79 Å². The molecule has 6 nitrogen and oxygen atoms in total. The van der Waals surface area contributed by atoms with Gasteiger partial charge < -0.3 is 19.9 Å². The maximum absolute atomic E-state index is 12.6. The summed E-state index contributed by atoms with van der Waals surface area (Å²) in [5.41, 5.74) is 5.60. The van der Waals surface area contributed by atoms with Gasteiger partial charge in [0.15, 0.2) is 0 Å². The number of benzene rings is 2. The molecule has 3 aromatic rings. The number of H-pyrrole nitrogens is 1. The summed E-state index contributed by atoms with van der Waals surface area (Å²) in [6, 6.07) is 14.2. The standard InChI is InChI=1S/C22H26N4O2/c1-15-8-9-18-21(16(15)2)25-20(24-18)10-11-23-22(27)26-12-13-28-19(14-26)17-6-4-3-5-7-17/h3-9,19H,10-14H2,1-2H3,(H,23,27)(H,24,25). The van der Waals surface area contributed by atoms with Crippen LogP contribution < -0.4 is 5.32 Å². The minimum atomic E-state index is -0.0673. The summed E-state index contributed by atoms with van der Waals surface area (Å²) in [4.78, 5) is 22.4.